The lowest BCUT2D eigenvalue weighted by atomic mass is 10.2. The molecule has 2 rings (SSSR count). The smallest absolute Gasteiger partial charge is 0.221 e. The fourth-order valence-electron chi connectivity index (χ4n) is 1.70. The van der Waals surface area contributed by atoms with Gasteiger partial charge < -0.3 is 15.1 Å². The van der Waals surface area contributed by atoms with Gasteiger partial charge in [-0.15, -0.1) is 0 Å². The molecule has 0 saturated carbocycles. The SMILES string of the molecule is CC(=O)Nc1ccc(F)c(NCc2occc2C)c1. The van der Waals surface area contributed by atoms with E-state index in [2.05, 4.69) is 10.6 Å². The maximum atomic E-state index is 13.6. The zero-order chi connectivity index (χ0) is 13.8. The molecule has 0 aliphatic heterocycles. The summed E-state index contributed by atoms with van der Waals surface area (Å²) in [6.07, 6.45) is 1.59. The molecule has 2 aromatic rings. The summed E-state index contributed by atoms with van der Waals surface area (Å²) < 4.78 is 18.9. The molecule has 0 atom stereocenters. The van der Waals surface area contributed by atoms with Crippen molar-refractivity contribution in [3.05, 3.63) is 47.7 Å². The van der Waals surface area contributed by atoms with Crippen molar-refractivity contribution < 1.29 is 13.6 Å². The summed E-state index contributed by atoms with van der Waals surface area (Å²) in [7, 11) is 0. The van der Waals surface area contributed by atoms with Crippen molar-refractivity contribution in [2.24, 2.45) is 0 Å². The van der Waals surface area contributed by atoms with Gasteiger partial charge in [-0.05, 0) is 36.8 Å². The normalized spacial score (nSPS) is 10.3. The van der Waals surface area contributed by atoms with Gasteiger partial charge in [0.1, 0.15) is 11.6 Å². The molecule has 0 bridgehead atoms. The van der Waals surface area contributed by atoms with Gasteiger partial charge in [-0.3, -0.25) is 4.79 Å². The van der Waals surface area contributed by atoms with Crippen LogP contribution >= 0.6 is 0 Å². The monoisotopic (exact) mass is 262 g/mol. The van der Waals surface area contributed by atoms with Crippen LogP contribution in [-0.2, 0) is 11.3 Å². The third kappa shape index (κ3) is 3.34. The predicted molar refractivity (Wildman–Crippen MR) is 71.5 cm³/mol. The van der Waals surface area contributed by atoms with Gasteiger partial charge >= 0.3 is 0 Å². The third-order valence-electron chi connectivity index (χ3n) is 2.69. The Morgan fingerprint density at radius 1 is 1.37 bits per heavy atom. The first kappa shape index (κ1) is 13.1. The molecule has 19 heavy (non-hydrogen) atoms. The van der Waals surface area contributed by atoms with Gasteiger partial charge in [0.2, 0.25) is 5.91 Å². The van der Waals surface area contributed by atoms with Crippen LogP contribution in [0.3, 0.4) is 0 Å². The molecule has 0 fully saturated rings. The standard InChI is InChI=1S/C14H15FN2O2/c1-9-5-6-19-14(9)8-16-13-7-11(17-10(2)18)3-4-12(13)15/h3-7,16H,8H2,1-2H3,(H,17,18). The van der Waals surface area contributed by atoms with Crippen LogP contribution in [0.15, 0.2) is 34.9 Å². The Bertz CT molecular complexity index is 593. The van der Waals surface area contributed by atoms with Crippen LogP contribution < -0.4 is 10.6 Å². The third-order valence-corrected chi connectivity index (χ3v) is 2.69. The molecular formula is C14H15FN2O2. The van der Waals surface area contributed by atoms with Crippen molar-refractivity contribution in [2.45, 2.75) is 20.4 Å². The number of carbonyl (C=O) groups is 1. The molecular weight excluding hydrogens is 247 g/mol. The van der Waals surface area contributed by atoms with Crippen molar-refractivity contribution >= 4 is 17.3 Å². The number of aryl methyl sites for hydroxylation is 1. The highest BCUT2D eigenvalue weighted by molar-refractivity contribution is 5.89. The van der Waals surface area contributed by atoms with E-state index in [9.17, 15) is 9.18 Å². The number of rotatable bonds is 4. The Labute approximate surface area is 110 Å². The van der Waals surface area contributed by atoms with E-state index in [-0.39, 0.29) is 11.7 Å². The van der Waals surface area contributed by atoms with Crippen molar-refractivity contribution in [1.29, 1.82) is 0 Å². The molecule has 0 spiro atoms. The van der Waals surface area contributed by atoms with Crippen LogP contribution in [0, 0.1) is 12.7 Å². The predicted octanol–water partition coefficient (Wildman–Crippen LogP) is 3.30. The summed E-state index contributed by atoms with van der Waals surface area (Å²) in [6.45, 7) is 3.71. The Morgan fingerprint density at radius 2 is 2.16 bits per heavy atom. The Balaban J connectivity index is 2.11. The van der Waals surface area contributed by atoms with Crippen LogP contribution in [0.2, 0.25) is 0 Å². The van der Waals surface area contributed by atoms with Gasteiger partial charge in [0.15, 0.2) is 0 Å². The van der Waals surface area contributed by atoms with Crippen molar-refractivity contribution in [3.8, 4) is 0 Å². The summed E-state index contributed by atoms with van der Waals surface area (Å²) in [5, 5.41) is 5.56. The lowest BCUT2D eigenvalue weighted by Gasteiger charge is -2.09. The van der Waals surface area contributed by atoms with E-state index in [1.165, 1.54) is 19.1 Å². The molecule has 0 saturated heterocycles. The number of halogens is 1. The maximum absolute atomic E-state index is 13.6. The average molecular weight is 262 g/mol. The molecule has 1 amide bonds. The lowest BCUT2D eigenvalue weighted by Crippen LogP contribution is -2.07. The molecule has 4 nitrogen and oxygen atoms in total. The highest BCUT2D eigenvalue weighted by atomic mass is 19.1. The fourth-order valence-corrected chi connectivity index (χ4v) is 1.70. The minimum absolute atomic E-state index is 0.195. The first-order valence-corrected chi connectivity index (χ1v) is 5.90. The lowest BCUT2D eigenvalue weighted by molar-refractivity contribution is -0.114. The summed E-state index contributed by atoms with van der Waals surface area (Å²) in [5.41, 5.74) is 1.88. The largest absolute Gasteiger partial charge is 0.467 e. The number of hydrogen-bond donors (Lipinski definition) is 2. The summed E-state index contributed by atoms with van der Waals surface area (Å²) >= 11 is 0. The van der Waals surface area contributed by atoms with Gasteiger partial charge in [-0.25, -0.2) is 4.39 Å². The Kier molecular flexibility index (Phi) is 3.85. The van der Waals surface area contributed by atoms with E-state index in [1.54, 1.807) is 12.3 Å². The number of furan rings is 1. The van der Waals surface area contributed by atoms with Crippen molar-refractivity contribution in [1.82, 2.24) is 0 Å². The molecule has 1 heterocycles. The van der Waals surface area contributed by atoms with Gasteiger partial charge in [0, 0.05) is 12.6 Å². The number of anilines is 2. The second-order valence-corrected chi connectivity index (χ2v) is 4.26. The Hall–Kier alpha value is -2.30. The number of carbonyl (C=O) groups excluding carboxylic acids is 1. The van der Waals surface area contributed by atoms with Crippen LogP contribution in [0.5, 0.6) is 0 Å². The maximum Gasteiger partial charge on any atom is 0.221 e. The second kappa shape index (κ2) is 5.56. The molecule has 1 aromatic carbocycles. The zero-order valence-corrected chi connectivity index (χ0v) is 10.8. The first-order chi connectivity index (χ1) is 9.06. The van der Waals surface area contributed by atoms with Crippen molar-refractivity contribution in [3.63, 3.8) is 0 Å². The van der Waals surface area contributed by atoms with Crippen LogP contribution in [0.4, 0.5) is 15.8 Å². The van der Waals surface area contributed by atoms with Gasteiger partial charge in [0.25, 0.3) is 0 Å². The minimum atomic E-state index is -0.377. The van der Waals surface area contributed by atoms with E-state index in [0.717, 1.165) is 11.3 Å². The molecule has 0 aliphatic carbocycles. The number of nitrogens with one attached hydrogen (secondary N) is 2. The molecule has 0 unspecified atom stereocenters. The Morgan fingerprint density at radius 3 is 2.79 bits per heavy atom. The van der Waals surface area contributed by atoms with E-state index in [0.29, 0.717) is 17.9 Å². The van der Waals surface area contributed by atoms with Crippen molar-refractivity contribution in [2.75, 3.05) is 10.6 Å². The molecule has 5 heteroatoms. The summed E-state index contributed by atoms with van der Waals surface area (Å²) in [5.74, 6) is 0.182. The molecule has 1 aromatic heterocycles. The van der Waals surface area contributed by atoms with E-state index >= 15 is 0 Å². The second-order valence-electron chi connectivity index (χ2n) is 4.26. The van der Waals surface area contributed by atoms with Gasteiger partial charge in [0.05, 0.1) is 18.5 Å². The van der Waals surface area contributed by atoms with Crippen LogP contribution in [0.1, 0.15) is 18.2 Å². The quantitative estimate of drug-likeness (QED) is 0.888. The van der Waals surface area contributed by atoms with Gasteiger partial charge in [-0.1, -0.05) is 0 Å². The molecule has 0 radical (unpaired) electrons. The number of benzene rings is 1. The minimum Gasteiger partial charge on any atom is -0.467 e. The molecule has 0 aliphatic rings. The van der Waals surface area contributed by atoms with Crippen LogP contribution in [0.25, 0.3) is 0 Å². The van der Waals surface area contributed by atoms with E-state index in [4.69, 9.17) is 4.42 Å². The number of amides is 1. The average Bonchev–Trinajstić information content (AvgIpc) is 2.75. The van der Waals surface area contributed by atoms with E-state index < -0.39 is 0 Å². The number of hydrogen-bond acceptors (Lipinski definition) is 3. The molecule has 2 N–H and O–H groups in total. The highest BCUT2D eigenvalue weighted by Crippen LogP contribution is 2.21. The van der Waals surface area contributed by atoms with Crippen LogP contribution in [-0.4, -0.2) is 5.91 Å². The summed E-state index contributed by atoms with van der Waals surface area (Å²) in [6, 6.07) is 6.22. The highest BCUT2D eigenvalue weighted by Gasteiger charge is 2.06. The molecule has 100 valence electrons. The van der Waals surface area contributed by atoms with E-state index in [1.807, 2.05) is 13.0 Å². The first-order valence-electron chi connectivity index (χ1n) is 5.90. The fraction of sp³-hybridized carbons (Fsp3) is 0.214. The zero-order valence-electron chi connectivity index (χ0n) is 10.8. The topological polar surface area (TPSA) is 54.3 Å². The summed E-state index contributed by atoms with van der Waals surface area (Å²) in [4.78, 5) is 11.0. The van der Waals surface area contributed by atoms with Gasteiger partial charge in [-0.2, -0.15) is 0 Å².